The average molecular weight is 235 g/mol. The number of amides is 1. The molecule has 2 N–H and O–H groups in total. The zero-order valence-corrected chi connectivity index (χ0v) is 9.17. The topological polar surface area (TPSA) is 92.2 Å². The summed E-state index contributed by atoms with van der Waals surface area (Å²) in [6, 6.07) is 3.33. The third kappa shape index (κ3) is 2.77. The smallest absolute Gasteiger partial charge is 0.306 e. The summed E-state index contributed by atoms with van der Waals surface area (Å²) in [5, 5.41) is 18.9. The lowest BCUT2D eigenvalue weighted by molar-refractivity contribution is -0.141. The molecular weight excluding hydrogens is 222 g/mol. The van der Waals surface area contributed by atoms with E-state index in [2.05, 4.69) is 15.5 Å². The summed E-state index contributed by atoms with van der Waals surface area (Å²) in [5.41, 5.74) is 0. The SMILES string of the molecule is O=C(O)C1CCC(C(=O)Nc2cccnn2)C1. The van der Waals surface area contributed by atoms with Gasteiger partial charge in [-0.05, 0) is 31.4 Å². The Morgan fingerprint density at radius 3 is 2.71 bits per heavy atom. The van der Waals surface area contributed by atoms with Crippen molar-refractivity contribution in [1.82, 2.24) is 10.2 Å². The molecule has 1 aliphatic rings. The number of carboxylic acid groups (broad SMARTS) is 1. The van der Waals surface area contributed by atoms with E-state index in [1.54, 1.807) is 12.1 Å². The van der Waals surface area contributed by atoms with Crippen molar-refractivity contribution in [2.75, 3.05) is 5.32 Å². The van der Waals surface area contributed by atoms with E-state index in [9.17, 15) is 9.59 Å². The molecule has 6 nitrogen and oxygen atoms in total. The number of rotatable bonds is 3. The Kier molecular flexibility index (Phi) is 3.32. The standard InChI is InChI=1S/C11H13N3O3/c15-10(13-9-2-1-5-12-14-9)7-3-4-8(6-7)11(16)17/h1-2,5,7-8H,3-4,6H2,(H,16,17)(H,13,14,15). The van der Waals surface area contributed by atoms with Crippen LogP contribution in [0.1, 0.15) is 19.3 Å². The maximum Gasteiger partial charge on any atom is 0.306 e. The van der Waals surface area contributed by atoms with Gasteiger partial charge in [-0.15, -0.1) is 5.10 Å². The van der Waals surface area contributed by atoms with Crippen molar-refractivity contribution in [3.05, 3.63) is 18.3 Å². The molecule has 2 atom stereocenters. The number of aromatic nitrogens is 2. The van der Waals surface area contributed by atoms with Crippen LogP contribution in [0.5, 0.6) is 0 Å². The Bertz CT molecular complexity index is 421. The summed E-state index contributed by atoms with van der Waals surface area (Å²) in [5.74, 6) is -1.23. The maximum atomic E-state index is 11.8. The summed E-state index contributed by atoms with van der Waals surface area (Å²) >= 11 is 0. The number of carboxylic acids is 1. The fourth-order valence-electron chi connectivity index (χ4n) is 2.04. The van der Waals surface area contributed by atoms with Crippen molar-refractivity contribution in [3.63, 3.8) is 0 Å². The molecule has 1 heterocycles. The highest BCUT2D eigenvalue weighted by atomic mass is 16.4. The highest BCUT2D eigenvalue weighted by Crippen LogP contribution is 2.31. The third-order valence-electron chi connectivity index (χ3n) is 2.98. The Labute approximate surface area is 98.1 Å². The molecule has 0 bridgehead atoms. The zero-order chi connectivity index (χ0) is 12.3. The summed E-state index contributed by atoms with van der Waals surface area (Å²) in [6.45, 7) is 0. The van der Waals surface area contributed by atoms with Crippen molar-refractivity contribution < 1.29 is 14.7 Å². The molecule has 1 fully saturated rings. The van der Waals surface area contributed by atoms with E-state index in [0.717, 1.165) is 0 Å². The van der Waals surface area contributed by atoms with Crippen LogP contribution in [0.15, 0.2) is 18.3 Å². The van der Waals surface area contributed by atoms with Crippen LogP contribution in [0.3, 0.4) is 0 Å². The fourth-order valence-corrected chi connectivity index (χ4v) is 2.04. The monoisotopic (exact) mass is 235 g/mol. The number of nitrogens with one attached hydrogen (secondary N) is 1. The van der Waals surface area contributed by atoms with Crippen molar-refractivity contribution in [1.29, 1.82) is 0 Å². The van der Waals surface area contributed by atoms with Gasteiger partial charge in [-0.2, -0.15) is 5.10 Å². The van der Waals surface area contributed by atoms with Crippen LogP contribution in [-0.2, 0) is 9.59 Å². The number of hydrogen-bond donors (Lipinski definition) is 2. The first kappa shape index (κ1) is 11.5. The van der Waals surface area contributed by atoms with Crippen molar-refractivity contribution in [2.24, 2.45) is 11.8 Å². The predicted molar refractivity (Wildman–Crippen MR) is 59.1 cm³/mol. The number of hydrogen-bond acceptors (Lipinski definition) is 4. The largest absolute Gasteiger partial charge is 0.481 e. The molecular formula is C11H13N3O3. The number of nitrogens with zero attached hydrogens (tertiary/aromatic N) is 2. The van der Waals surface area contributed by atoms with Crippen LogP contribution in [0.25, 0.3) is 0 Å². The molecule has 1 amide bonds. The van der Waals surface area contributed by atoms with Gasteiger partial charge >= 0.3 is 5.97 Å². The Morgan fingerprint density at radius 2 is 2.12 bits per heavy atom. The molecule has 1 aromatic rings. The van der Waals surface area contributed by atoms with Crippen molar-refractivity contribution in [2.45, 2.75) is 19.3 Å². The molecule has 2 unspecified atom stereocenters. The lowest BCUT2D eigenvalue weighted by Crippen LogP contribution is -2.22. The number of carbonyl (C=O) groups excluding carboxylic acids is 1. The van der Waals surface area contributed by atoms with E-state index in [1.807, 2.05) is 0 Å². The van der Waals surface area contributed by atoms with E-state index in [1.165, 1.54) is 6.20 Å². The van der Waals surface area contributed by atoms with Gasteiger partial charge in [0.25, 0.3) is 0 Å². The molecule has 6 heteroatoms. The van der Waals surface area contributed by atoms with Crippen molar-refractivity contribution in [3.8, 4) is 0 Å². The molecule has 1 aromatic heterocycles. The van der Waals surface area contributed by atoms with Gasteiger partial charge in [-0.1, -0.05) is 0 Å². The number of anilines is 1. The van der Waals surface area contributed by atoms with Gasteiger partial charge in [0.15, 0.2) is 5.82 Å². The Balaban J connectivity index is 1.92. The van der Waals surface area contributed by atoms with E-state index in [-0.39, 0.29) is 11.8 Å². The van der Waals surface area contributed by atoms with Crippen LogP contribution in [-0.4, -0.2) is 27.2 Å². The molecule has 1 aliphatic carbocycles. The third-order valence-corrected chi connectivity index (χ3v) is 2.98. The first-order chi connectivity index (χ1) is 8.16. The maximum absolute atomic E-state index is 11.8. The number of aliphatic carboxylic acids is 1. The first-order valence-electron chi connectivity index (χ1n) is 5.48. The van der Waals surface area contributed by atoms with Gasteiger partial charge in [0.05, 0.1) is 5.92 Å². The summed E-state index contributed by atoms with van der Waals surface area (Å²) in [4.78, 5) is 22.6. The second kappa shape index (κ2) is 4.90. The lowest BCUT2D eigenvalue weighted by atomic mass is 10.0. The molecule has 0 aliphatic heterocycles. The molecule has 0 aromatic carbocycles. The van der Waals surface area contributed by atoms with Crippen LogP contribution in [0.2, 0.25) is 0 Å². The quantitative estimate of drug-likeness (QED) is 0.812. The molecule has 17 heavy (non-hydrogen) atoms. The van der Waals surface area contributed by atoms with Crippen LogP contribution < -0.4 is 5.32 Å². The predicted octanol–water partition coefficient (Wildman–Crippen LogP) is 0.916. The molecule has 0 saturated heterocycles. The fraction of sp³-hybridized carbons (Fsp3) is 0.455. The zero-order valence-electron chi connectivity index (χ0n) is 9.17. The van der Waals surface area contributed by atoms with E-state index in [0.29, 0.717) is 25.1 Å². The molecule has 1 saturated carbocycles. The molecule has 2 rings (SSSR count). The van der Waals surface area contributed by atoms with Crippen LogP contribution in [0.4, 0.5) is 5.82 Å². The van der Waals surface area contributed by atoms with Gasteiger partial charge in [0, 0.05) is 12.1 Å². The second-order valence-corrected chi connectivity index (χ2v) is 4.14. The van der Waals surface area contributed by atoms with Gasteiger partial charge in [0.2, 0.25) is 5.91 Å². The van der Waals surface area contributed by atoms with E-state index >= 15 is 0 Å². The Morgan fingerprint density at radius 1 is 1.35 bits per heavy atom. The average Bonchev–Trinajstić information content (AvgIpc) is 2.79. The number of carbonyl (C=O) groups is 2. The Hall–Kier alpha value is -1.98. The van der Waals surface area contributed by atoms with Gasteiger partial charge in [0.1, 0.15) is 0 Å². The second-order valence-electron chi connectivity index (χ2n) is 4.14. The summed E-state index contributed by atoms with van der Waals surface area (Å²) < 4.78 is 0. The summed E-state index contributed by atoms with van der Waals surface area (Å²) in [6.07, 6.45) is 3.10. The summed E-state index contributed by atoms with van der Waals surface area (Å²) in [7, 11) is 0. The van der Waals surface area contributed by atoms with Gasteiger partial charge < -0.3 is 10.4 Å². The molecule has 0 spiro atoms. The highest BCUT2D eigenvalue weighted by Gasteiger charge is 2.33. The molecule has 90 valence electrons. The normalized spacial score (nSPS) is 23.3. The minimum Gasteiger partial charge on any atom is -0.481 e. The van der Waals surface area contributed by atoms with Crippen LogP contribution >= 0.6 is 0 Å². The lowest BCUT2D eigenvalue weighted by Gasteiger charge is -2.09. The minimum atomic E-state index is -0.820. The molecule has 0 radical (unpaired) electrons. The van der Waals surface area contributed by atoms with Gasteiger partial charge in [-0.25, -0.2) is 0 Å². The van der Waals surface area contributed by atoms with E-state index in [4.69, 9.17) is 5.11 Å². The van der Waals surface area contributed by atoms with Gasteiger partial charge in [-0.3, -0.25) is 9.59 Å². The van der Waals surface area contributed by atoms with Crippen molar-refractivity contribution >= 4 is 17.7 Å². The van der Waals surface area contributed by atoms with E-state index < -0.39 is 11.9 Å². The minimum absolute atomic E-state index is 0.172. The van der Waals surface area contributed by atoms with Crippen LogP contribution in [0, 0.1) is 11.8 Å². The first-order valence-corrected chi connectivity index (χ1v) is 5.48. The highest BCUT2D eigenvalue weighted by molar-refractivity contribution is 5.92.